The number of halogens is 1. The van der Waals surface area contributed by atoms with E-state index < -0.39 is 0 Å². The SMILES string of the molecule is CNc1ncnc(NCC2CSCCS2)c1Br. The molecule has 0 aromatic carbocycles. The molecule has 1 unspecified atom stereocenters. The van der Waals surface area contributed by atoms with E-state index in [0.717, 1.165) is 22.7 Å². The van der Waals surface area contributed by atoms with E-state index in [9.17, 15) is 0 Å². The second kappa shape index (κ2) is 6.70. The van der Waals surface area contributed by atoms with Crippen LogP contribution < -0.4 is 10.6 Å². The number of aromatic nitrogens is 2. The van der Waals surface area contributed by atoms with Crippen LogP contribution in [0.4, 0.5) is 11.6 Å². The van der Waals surface area contributed by atoms with Crippen LogP contribution in [0.2, 0.25) is 0 Å². The van der Waals surface area contributed by atoms with Crippen LogP contribution in [0.3, 0.4) is 0 Å². The van der Waals surface area contributed by atoms with Crippen molar-refractivity contribution in [3.05, 3.63) is 10.8 Å². The Morgan fingerprint density at radius 3 is 2.94 bits per heavy atom. The van der Waals surface area contributed by atoms with E-state index in [4.69, 9.17) is 0 Å². The van der Waals surface area contributed by atoms with Gasteiger partial charge in [0.1, 0.15) is 22.4 Å². The Balaban J connectivity index is 1.93. The van der Waals surface area contributed by atoms with Crippen molar-refractivity contribution in [3.8, 4) is 0 Å². The van der Waals surface area contributed by atoms with Gasteiger partial charge in [-0.05, 0) is 15.9 Å². The highest BCUT2D eigenvalue weighted by atomic mass is 79.9. The second-order valence-corrected chi connectivity index (χ2v) is 6.93. The zero-order chi connectivity index (χ0) is 12.1. The lowest BCUT2D eigenvalue weighted by atomic mass is 10.4. The van der Waals surface area contributed by atoms with Crippen molar-refractivity contribution in [2.45, 2.75) is 5.25 Å². The summed E-state index contributed by atoms with van der Waals surface area (Å²) in [6.45, 7) is 0.955. The molecule has 1 aliphatic heterocycles. The molecule has 1 saturated heterocycles. The van der Waals surface area contributed by atoms with E-state index in [2.05, 4.69) is 36.5 Å². The van der Waals surface area contributed by atoms with Gasteiger partial charge in [0.25, 0.3) is 0 Å². The number of rotatable bonds is 4. The molecule has 0 aliphatic carbocycles. The average molecular weight is 335 g/mol. The van der Waals surface area contributed by atoms with E-state index in [1.54, 1.807) is 6.33 Å². The van der Waals surface area contributed by atoms with Crippen molar-refractivity contribution in [2.75, 3.05) is 41.5 Å². The number of anilines is 2. The predicted octanol–water partition coefficient (Wildman–Crippen LogP) is 2.54. The highest BCUT2D eigenvalue weighted by molar-refractivity contribution is 9.10. The van der Waals surface area contributed by atoms with Crippen LogP contribution in [0.5, 0.6) is 0 Å². The van der Waals surface area contributed by atoms with Crippen LogP contribution in [0, 0.1) is 0 Å². The van der Waals surface area contributed by atoms with Gasteiger partial charge >= 0.3 is 0 Å². The molecule has 4 nitrogen and oxygen atoms in total. The van der Waals surface area contributed by atoms with Gasteiger partial charge < -0.3 is 10.6 Å². The van der Waals surface area contributed by atoms with Crippen LogP contribution in [-0.2, 0) is 0 Å². The number of thioether (sulfide) groups is 2. The number of nitrogens with zero attached hydrogens (tertiary/aromatic N) is 2. The average Bonchev–Trinajstić information content (AvgIpc) is 2.39. The Morgan fingerprint density at radius 1 is 1.41 bits per heavy atom. The molecule has 0 spiro atoms. The van der Waals surface area contributed by atoms with Crippen molar-refractivity contribution in [1.29, 1.82) is 0 Å². The van der Waals surface area contributed by atoms with Crippen LogP contribution in [0.15, 0.2) is 10.8 Å². The van der Waals surface area contributed by atoms with Gasteiger partial charge in [-0.25, -0.2) is 9.97 Å². The van der Waals surface area contributed by atoms with E-state index in [1.807, 2.05) is 30.6 Å². The van der Waals surface area contributed by atoms with E-state index in [0.29, 0.717) is 5.25 Å². The van der Waals surface area contributed by atoms with Crippen LogP contribution in [0.25, 0.3) is 0 Å². The lowest BCUT2D eigenvalue weighted by Crippen LogP contribution is -2.23. The van der Waals surface area contributed by atoms with Gasteiger partial charge in [0, 0.05) is 36.1 Å². The molecule has 2 N–H and O–H groups in total. The third-order valence-electron chi connectivity index (χ3n) is 2.41. The molecule has 2 rings (SSSR count). The summed E-state index contributed by atoms with van der Waals surface area (Å²) in [5.74, 6) is 5.43. The third kappa shape index (κ3) is 3.66. The van der Waals surface area contributed by atoms with Crippen LogP contribution >= 0.6 is 39.5 Å². The van der Waals surface area contributed by atoms with Crippen LogP contribution in [-0.4, -0.2) is 46.1 Å². The molecule has 7 heteroatoms. The largest absolute Gasteiger partial charge is 0.372 e. The highest BCUT2D eigenvalue weighted by Crippen LogP contribution is 2.28. The molecule has 1 fully saturated rings. The first-order valence-corrected chi connectivity index (χ1v) is 8.42. The molecule has 1 aliphatic rings. The van der Waals surface area contributed by atoms with E-state index in [1.165, 1.54) is 17.3 Å². The smallest absolute Gasteiger partial charge is 0.145 e. The minimum absolute atomic E-state index is 0.675. The van der Waals surface area contributed by atoms with Crippen molar-refractivity contribution in [3.63, 3.8) is 0 Å². The monoisotopic (exact) mass is 334 g/mol. The second-order valence-electron chi connectivity index (χ2n) is 3.58. The first kappa shape index (κ1) is 13.3. The highest BCUT2D eigenvalue weighted by Gasteiger charge is 2.15. The Kier molecular flexibility index (Phi) is 5.24. The third-order valence-corrected chi connectivity index (χ3v) is 6.00. The minimum atomic E-state index is 0.675. The van der Waals surface area contributed by atoms with Crippen molar-refractivity contribution < 1.29 is 0 Å². The number of hydrogen-bond acceptors (Lipinski definition) is 6. The summed E-state index contributed by atoms with van der Waals surface area (Å²) in [6, 6.07) is 0. The molecular formula is C10H15BrN4S2. The fraction of sp³-hybridized carbons (Fsp3) is 0.600. The molecule has 1 aromatic rings. The van der Waals surface area contributed by atoms with Gasteiger partial charge in [-0.3, -0.25) is 0 Å². The molecule has 17 heavy (non-hydrogen) atoms. The molecule has 0 radical (unpaired) electrons. The summed E-state index contributed by atoms with van der Waals surface area (Å²) in [6.07, 6.45) is 1.57. The molecule has 1 atom stereocenters. The topological polar surface area (TPSA) is 49.8 Å². The fourth-order valence-electron chi connectivity index (χ4n) is 1.53. The maximum Gasteiger partial charge on any atom is 0.145 e. The normalized spacial score (nSPS) is 20.0. The van der Waals surface area contributed by atoms with E-state index in [-0.39, 0.29) is 0 Å². The van der Waals surface area contributed by atoms with Gasteiger partial charge in [0.2, 0.25) is 0 Å². The molecule has 94 valence electrons. The van der Waals surface area contributed by atoms with Crippen molar-refractivity contribution in [2.24, 2.45) is 0 Å². The Bertz CT molecular complexity index is 371. The molecule has 0 saturated carbocycles. The predicted molar refractivity (Wildman–Crippen MR) is 81.3 cm³/mol. The summed E-state index contributed by atoms with van der Waals surface area (Å²) in [7, 11) is 1.85. The van der Waals surface area contributed by atoms with Crippen LogP contribution in [0.1, 0.15) is 0 Å². The van der Waals surface area contributed by atoms with Crippen molar-refractivity contribution >= 4 is 51.1 Å². The summed E-state index contributed by atoms with van der Waals surface area (Å²) < 4.78 is 0.899. The van der Waals surface area contributed by atoms with Gasteiger partial charge in [0.15, 0.2) is 0 Å². The summed E-state index contributed by atoms with van der Waals surface area (Å²) in [5, 5.41) is 7.09. The first-order chi connectivity index (χ1) is 8.31. The maximum atomic E-state index is 4.25. The number of nitrogens with one attached hydrogen (secondary N) is 2. The zero-order valence-corrected chi connectivity index (χ0v) is 12.8. The standard InChI is InChI=1S/C10H15BrN4S2/c1-12-9-8(11)10(15-6-14-9)13-4-7-5-16-2-3-17-7/h6-7H,2-5H2,1H3,(H2,12,13,14,15). The Labute approximate surface area is 118 Å². The summed E-state index contributed by atoms with van der Waals surface area (Å²) >= 11 is 7.58. The zero-order valence-electron chi connectivity index (χ0n) is 9.57. The summed E-state index contributed by atoms with van der Waals surface area (Å²) in [4.78, 5) is 8.38. The first-order valence-electron chi connectivity index (χ1n) is 5.42. The quantitative estimate of drug-likeness (QED) is 0.882. The molecule has 2 heterocycles. The number of hydrogen-bond donors (Lipinski definition) is 2. The Morgan fingerprint density at radius 2 is 2.24 bits per heavy atom. The maximum absolute atomic E-state index is 4.25. The molecule has 0 amide bonds. The lowest BCUT2D eigenvalue weighted by molar-refractivity contribution is 0.984. The van der Waals surface area contributed by atoms with Crippen molar-refractivity contribution in [1.82, 2.24) is 9.97 Å². The molecular weight excluding hydrogens is 320 g/mol. The lowest BCUT2D eigenvalue weighted by Gasteiger charge is -2.21. The summed E-state index contributed by atoms with van der Waals surface area (Å²) in [5.41, 5.74) is 0. The minimum Gasteiger partial charge on any atom is -0.372 e. The van der Waals surface area contributed by atoms with Gasteiger partial charge in [-0.15, -0.1) is 0 Å². The van der Waals surface area contributed by atoms with Gasteiger partial charge in [0.05, 0.1) is 0 Å². The Hall–Kier alpha value is -0.140. The van der Waals surface area contributed by atoms with Gasteiger partial charge in [-0.2, -0.15) is 23.5 Å². The van der Waals surface area contributed by atoms with E-state index >= 15 is 0 Å². The molecule has 0 bridgehead atoms. The fourth-order valence-corrected chi connectivity index (χ4v) is 4.69. The van der Waals surface area contributed by atoms with Gasteiger partial charge in [-0.1, -0.05) is 0 Å². The molecule has 1 aromatic heterocycles.